The van der Waals surface area contributed by atoms with Gasteiger partial charge < -0.3 is 15.7 Å². The highest BCUT2D eigenvalue weighted by molar-refractivity contribution is 5.76. The molecule has 18 heavy (non-hydrogen) atoms. The second kappa shape index (κ2) is 7.24. The fourth-order valence-corrected chi connectivity index (χ4v) is 2.44. The summed E-state index contributed by atoms with van der Waals surface area (Å²) >= 11 is 0. The third-order valence-corrected chi connectivity index (χ3v) is 3.74. The molecule has 104 valence electrons. The van der Waals surface area contributed by atoms with E-state index in [0.717, 1.165) is 19.3 Å². The summed E-state index contributed by atoms with van der Waals surface area (Å²) < 4.78 is 0. The first-order valence-corrected chi connectivity index (χ1v) is 6.81. The molecule has 3 N–H and O–H groups in total. The molecular weight excluding hydrogens is 232 g/mol. The molecule has 5 nitrogen and oxygen atoms in total. The first-order chi connectivity index (χ1) is 8.54. The minimum atomic E-state index is -0.889. The summed E-state index contributed by atoms with van der Waals surface area (Å²) in [6.45, 7) is 3.90. The van der Waals surface area contributed by atoms with Crippen molar-refractivity contribution in [2.24, 2.45) is 11.8 Å². The molecule has 3 atom stereocenters. The van der Waals surface area contributed by atoms with E-state index in [9.17, 15) is 9.59 Å². The predicted molar refractivity (Wildman–Crippen MR) is 69.4 cm³/mol. The lowest BCUT2D eigenvalue weighted by molar-refractivity contribution is -0.140. The summed E-state index contributed by atoms with van der Waals surface area (Å²) in [6, 6.07) is -0.00247. The first-order valence-electron chi connectivity index (χ1n) is 6.81. The highest BCUT2D eigenvalue weighted by Gasteiger charge is 2.25. The van der Waals surface area contributed by atoms with Crippen LogP contribution in [0.2, 0.25) is 0 Å². The average Bonchev–Trinajstić information content (AvgIpc) is 2.36. The van der Waals surface area contributed by atoms with Crippen LogP contribution in [-0.4, -0.2) is 29.7 Å². The van der Waals surface area contributed by atoms with Crippen molar-refractivity contribution in [3.63, 3.8) is 0 Å². The van der Waals surface area contributed by atoms with E-state index in [1.807, 2.05) is 0 Å². The molecule has 1 saturated carbocycles. The van der Waals surface area contributed by atoms with E-state index >= 15 is 0 Å². The van der Waals surface area contributed by atoms with E-state index in [2.05, 4.69) is 17.6 Å². The number of nitrogens with one attached hydrogen (secondary N) is 2. The third kappa shape index (κ3) is 4.55. The van der Waals surface area contributed by atoms with Crippen molar-refractivity contribution in [3.8, 4) is 0 Å². The van der Waals surface area contributed by atoms with Crippen molar-refractivity contribution in [3.05, 3.63) is 0 Å². The summed E-state index contributed by atoms with van der Waals surface area (Å²) in [4.78, 5) is 22.3. The van der Waals surface area contributed by atoms with Crippen molar-refractivity contribution in [2.45, 2.75) is 52.0 Å². The Morgan fingerprint density at radius 1 is 1.33 bits per heavy atom. The fraction of sp³-hybridized carbons (Fsp3) is 0.846. The van der Waals surface area contributed by atoms with E-state index in [4.69, 9.17) is 5.11 Å². The minimum absolute atomic E-state index is 0.171. The molecule has 0 aromatic rings. The molecule has 0 radical (unpaired) electrons. The molecule has 2 amide bonds. The number of carboxylic acids is 1. The monoisotopic (exact) mass is 256 g/mol. The zero-order chi connectivity index (χ0) is 13.5. The highest BCUT2D eigenvalue weighted by Crippen LogP contribution is 2.26. The van der Waals surface area contributed by atoms with Crippen LogP contribution in [-0.2, 0) is 4.79 Å². The Morgan fingerprint density at radius 2 is 2.00 bits per heavy atom. The molecule has 0 aromatic heterocycles. The topological polar surface area (TPSA) is 78.4 Å². The van der Waals surface area contributed by atoms with Crippen LogP contribution in [0, 0.1) is 11.8 Å². The Hall–Kier alpha value is -1.26. The van der Waals surface area contributed by atoms with Gasteiger partial charge in [0.1, 0.15) is 0 Å². The van der Waals surface area contributed by atoms with Gasteiger partial charge in [0.15, 0.2) is 0 Å². The van der Waals surface area contributed by atoms with Gasteiger partial charge in [0, 0.05) is 12.6 Å². The van der Waals surface area contributed by atoms with E-state index in [1.54, 1.807) is 6.92 Å². The molecule has 5 heteroatoms. The number of amides is 2. The van der Waals surface area contributed by atoms with Gasteiger partial charge in [-0.3, -0.25) is 4.79 Å². The van der Waals surface area contributed by atoms with Crippen LogP contribution in [0.5, 0.6) is 0 Å². The zero-order valence-electron chi connectivity index (χ0n) is 11.2. The Kier molecular flexibility index (Phi) is 5.95. The van der Waals surface area contributed by atoms with Gasteiger partial charge >= 0.3 is 12.0 Å². The Balaban J connectivity index is 2.32. The highest BCUT2D eigenvalue weighted by atomic mass is 16.4. The Bertz CT molecular complexity index is 294. The normalized spacial score (nSPS) is 25.2. The summed E-state index contributed by atoms with van der Waals surface area (Å²) in [5.74, 6) is -0.884. The third-order valence-electron chi connectivity index (χ3n) is 3.74. The van der Waals surface area contributed by atoms with Crippen LogP contribution in [0.4, 0.5) is 4.79 Å². The van der Waals surface area contributed by atoms with Gasteiger partial charge in [-0.15, -0.1) is 0 Å². The van der Waals surface area contributed by atoms with Crippen molar-refractivity contribution in [1.29, 1.82) is 0 Å². The van der Waals surface area contributed by atoms with E-state index in [-0.39, 0.29) is 18.6 Å². The summed E-state index contributed by atoms with van der Waals surface area (Å²) in [5.41, 5.74) is 0. The second-order valence-corrected chi connectivity index (χ2v) is 5.15. The zero-order valence-corrected chi connectivity index (χ0v) is 11.2. The quantitative estimate of drug-likeness (QED) is 0.703. The van der Waals surface area contributed by atoms with Crippen molar-refractivity contribution in [2.75, 3.05) is 6.54 Å². The molecule has 0 spiro atoms. The maximum Gasteiger partial charge on any atom is 0.315 e. The lowest BCUT2D eigenvalue weighted by Gasteiger charge is -2.31. The van der Waals surface area contributed by atoms with Crippen LogP contribution in [0.25, 0.3) is 0 Å². The number of rotatable bonds is 5. The molecule has 0 saturated heterocycles. The van der Waals surface area contributed by atoms with Gasteiger partial charge in [0.2, 0.25) is 0 Å². The van der Waals surface area contributed by atoms with Gasteiger partial charge in [-0.1, -0.05) is 33.1 Å². The van der Waals surface area contributed by atoms with Gasteiger partial charge in [0.25, 0.3) is 0 Å². The molecule has 0 aromatic carbocycles. The number of carboxylic acid groups (broad SMARTS) is 1. The molecule has 0 aliphatic heterocycles. The van der Waals surface area contributed by atoms with Crippen molar-refractivity contribution in [1.82, 2.24) is 10.6 Å². The van der Waals surface area contributed by atoms with Crippen molar-refractivity contribution >= 4 is 12.0 Å². The van der Waals surface area contributed by atoms with Gasteiger partial charge in [-0.25, -0.2) is 4.79 Å². The summed E-state index contributed by atoms with van der Waals surface area (Å²) in [5, 5.41) is 14.3. The summed E-state index contributed by atoms with van der Waals surface area (Å²) in [7, 11) is 0. The standard InChI is InChI=1S/C13H24N2O3/c1-3-10-6-4-5-7-11(10)15-13(18)14-8-9(2)12(16)17/h9-11H,3-8H2,1-2H3,(H,16,17)(H2,14,15,18). The molecule has 1 rings (SSSR count). The van der Waals surface area contributed by atoms with Crippen molar-refractivity contribution < 1.29 is 14.7 Å². The lowest BCUT2D eigenvalue weighted by atomic mass is 9.83. The summed E-state index contributed by atoms with van der Waals surface area (Å²) in [6.07, 6.45) is 5.69. The Labute approximate surface area is 108 Å². The minimum Gasteiger partial charge on any atom is -0.481 e. The number of carbonyl (C=O) groups excluding carboxylic acids is 1. The smallest absolute Gasteiger partial charge is 0.315 e. The maximum absolute atomic E-state index is 11.7. The predicted octanol–water partition coefficient (Wildman–Crippen LogP) is 1.98. The molecule has 3 unspecified atom stereocenters. The molecule has 1 fully saturated rings. The number of aliphatic carboxylic acids is 1. The van der Waals surface area contributed by atoms with E-state index in [1.165, 1.54) is 12.8 Å². The van der Waals surface area contributed by atoms with E-state index in [0.29, 0.717) is 5.92 Å². The molecular formula is C13H24N2O3. The van der Waals surface area contributed by atoms with Gasteiger partial charge in [-0.05, 0) is 18.8 Å². The van der Waals surface area contributed by atoms with Crippen LogP contribution >= 0.6 is 0 Å². The van der Waals surface area contributed by atoms with Gasteiger partial charge in [-0.2, -0.15) is 0 Å². The second-order valence-electron chi connectivity index (χ2n) is 5.15. The number of urea groups is 1. The average molecular weight is 256 g/mol. The number of carbonyl (C=O) groups is 2. The Morgan fingerprint density at radius 3 is 2.61 bits per heavy atom. The van der Waals surface area contributed by atoms with Gasteiger partial charge in [0.05, 0.1) is 5.92 Å². The van der Waals surface area contributed by atoms with E-state index < -0.39 is 11.9 Å². The molecule has 1 aliphatic rings. The molecule has 1 aliphatic carbocycles. The lowest BCUT2D eigenvalue weighted by Crippen LogP contribution is -2.47. The number of hydrogen-bond acceptors (Lipinski definition) is 2. The van der Waals surface area contributed by atoms with Crippen LogP contribution in [0.3, 0.4) is 0 Å². The van der Waals surface area contributed by atoms with Crippen LogP contribution in [0.1, 0.15) is 46.0 Å². The van der Waals surface area contributed by atoms with Crippen LogP contribution in [0.15, 0.2) is 0 Å². The first kappa shape index (κ1) is 14.8. The van der Waals surface area contributed by atoms with Crippen LogP contribution < -0.4 is 10.6 Å². The molecule has 0 bridgehead atoms. The fourth-order valence-electron chi connectivity index (χ4n) is 2.44. The SMILES string of the molecule is CCC1CCCCC1NC(=O)NCC(C)C(=O)O. The maximum atomic E-state index is 11.7. The largest absolute Gasteiger partial charge is 0.481 e. The molecule has 0 heterocycles. The number of hydrogen-bond donors (Lipinski definition) is 3.